The van der Waals surface area contributed by atoms with E-state index < -0.39 is 0 Å². The number of carbonyl (C=O) groups excluding carboxylic acids is 2. The van der Waals surface area contributed by atoms with Crippen LogP contribution in [-0.2, 0) is 4.79 Å². The predicted octanol–water partition coefficient (Wildman–Crippen LogP) is 5.96. The number of amides is 1. The third-order valence-corrected chi connectivity index (χ3v) is 5.31. The SMILES string of the molecule is O=C(CSc1ccccc1)Nc1ccc(Cl)cc1C(=O)c1ccccc1Cl. The van der Waals surface area contributed by atoms with Crippen LogP contribution >= 0.6 is 35.0 Å². The minimum atomic E-state index is -0.297. The smallest absolute Gasteiger partial charge is 0.234 e. The molecular formula is C21H15Cl2NO2S. The van der Waals surface area contributed by atoms with Crippen molar-refractivity contribution in [2.45, 2.75) is 4.90 Å². The van der Waals surface area contributed by atoms with Crippen LogP contribution in [-0.4, -0.2) is 17.4 Å². The van der Waals surface area contributed by atoms with E-state index in [1.807, 2.05) is 30.3 Å². The molecule has 1 N–H and O–H groups in total. The van der Waals surface area contributed by atoms with Gasteiger partial charge in [0.2, 0.25) is 5.91 Å². The van der Waals surface area contributed by atoms with Gasteiger partial charge in [0.25, 0.3) is 0 Å². The molecule has 3 aromatic carbocycles. The lowest BCUT2D eigenvalue weighted by molar-refractivity contribution is -0.113. The molecule has 0 aromatic heterocycles. The lowest BCUT2D eigenvalue weighted by Crippen LogP contribution is -2.17. The van der Waals surface area contributed by atoms with Gasteiger partial charge < -0.3 is 5.32 Å². The molecule has 0 radical (unpaired) electrons. The van der Waals surface area contributed by atoms with Crippen molar-refractivity contribution in [3.05, 3.63) is 94.0 Å². The number of benzene rings is 3. The third kappa shape index (κ3) is 5.13. The molecule has 0 saturated heterocycles. The van der Waals surface area contributed by atoms with Gasteiger partial charge in [-0.05, 0) is 42.5 Å². The molecule has 6 heteroatoms. The number of nitrogens with one attached hydrogen (secondary N) is 1. The maximum atomic E-state index is 12.9. The molecule has 0 fully saturated rings. The van der Waals surface area contributed by atoms with Crippen molar-refractivity contribution in [3.8, 4) is 0 Å². The molecule has 0 atom stereocenters. The number of hydrogen-bond donors (Lipinski definition) is 1. The topological polar surface area (TPSA) is 46.2 Å². The highest BCUT2D eigenvalue weighted by Gasteiger charge is 2.18. The lowest BCUT2D eigenvalue weighted by Gasteiger charge is -2.12. The van der Waals surface area contributed by atoms with E-state index in [4.69, 9.17) is 23.2 Å². The Morgan fingerprint density at radius 3 is 2.30 bits per heavy atom. The number of halogens is 2. The molecular weight excluding hydrogens is 401 g/mol. The summed E-state index contributed by atoms with van der Waals surface area (Å²) in [4.78, 5) is 26.2. The zero-order valence-electron chi connectivity index (χ0n) is 14.1. The van der Waals surface area contributed by atoms with Gasteiger partial charge in [-0.2, -0.15) is 0 Å². The van der Waals surface area contributed by atoms with Crippen molar-refractivity contribution in [1.29, 1.82) is 0 Å². The number of rotatable bonds is 6. The highest BCUT2D eigenvalue weighted by molar-refractivity contribution is 8.00. The second-order valence-electron chi connectivity index (χ2n) is 5.65. The minimum absolute atomic E-state index is 0.209. The first-order valence-corrected chi connectivity index (χ1v) is 9.85. The Balaban J connectivity index is 1.79. The summed E-state index contributed by atoms with van der Waals surface area (Å²) in [7, 11) is 0. The van der Waals surface area contributed by atoms with Gasteiger partial charge in [-0.25, -0.2) is 0 Å². The molecule has 0 aliphatic carbocycles. The Morgan fingerprint density at radius 2 is 1.56 bits per heavy atom. The standard InChI is InChI=1S/C21H15Cl2NO2S/c22-14-10-11-19(24-20(25)13-27-15-6-2-1-3-7-15)17(12-14)21(26)16-8-4-5-9-18(16)23/h1-12H,13H2,(H,24,25). The molecule has 0 heterocycles. The Kier molecular flexibility index (Phi) is 6.56. The zero-order valence-corrected chi connectivity index (χ0v) is 16.4. The van der Waals surface area contributed by atoms with Gasteiger partial charge in [-0.15, -0.1) is 11.8 Å². The molecule has 3 nitrogen and oxygen atoms in total. The normalized spacial score (nSPS) is 10.4. The molecule has 136 valence electrons. The highest BCUT2D eigenvalue weighted by atomic mass is 35.5. The second-order valence-corrected chi connectivity index (χ2v) is 7.54. The zero-order chi connectivity index (χ0) is 19.2. The van der Waals surface area contributed by atoms with Crippen LogP contribution in [0.25, 0.3) is 0 Å². The van der Waals surface area contributed by atoms with Crippen LogP contribution in [0.3, 0.4) is 0 Å². The molecule has 0 spiro atoms. The van der Waals surface area contributed by atoms with E-state index in [-0.39, 0.29) is 17.4 Å². The number of hydrogen-bond acceptors (Lipinski definition) is 3. The average Bonchev–Trinajstić information content (AvgIpc) is 2.68. The average molecular weight is 416 g/mol. The third-order valence-electron chi connectivity index (χ3n) is 3.73. The fourth-order valence-electron chi connectivity index (χ4n) is 2.46. The summed E-state index contributed by atoms with van der Waals surface area (Å²) in [6.07, 6.45) is 0. The van der Waals surface area contributed by atoms with Crippen molar-refractivity contribution < 1.29 is 9.59 Å². The van der Waals surface area contributed by atoms with Crippen LogP contribution in [0.5, 0.6) is 0 Å². The summed E-state index contributed by atoms with van der Waals surface area (Å²) in [5.74, 6) is -0.277. The number of ketones is 1. The van der Waals surface area contributed by atoms with E-state index in [1.54, 1.807) is 36.4 Å². The first-order chi connectivity index (χ1) is 13.0. The molecule has 27 heavy (non-hydrogen) atoms. The van der Waals surface area contributed by atoms with Crippen LogP contribution < -0.4 is 5.32 Å². The molecule has 0 unspecified atom stereocenters. The van der Waals surface area contributed by atoms with Crippen LogP contribution in [0.2, 0.25) is 10.0 Å². The van der Waals surface area contributed by atoms with Gasteiger partial charge in [0.1, 0.15) is 0 Å². The molecule has 3 rings (SSSR count). The minimum Gasteiger partial charge on any atom is -0.325 e. The van der Waals surface area contributed by atoms with Gasteiger partial charge in [-0.1, -0.05) is 53.5 Å². The van der Waals surface area contributed by atoms with Gasteiger partial charge in [-0.3, -0.25) is 9.59 Å². The molecule has 1 amide bonds. The summed E-state index contributed by atoms with van der Waals surface area (Å²) in [6, 6.07) is 21.2. The summed E-state index contributed by atoms with van der Waals surface area (Å²) in [5.41, 5.74) is 1.06. The fraction of sp³-hybridized carbons (Fsp3) is 0.0476. The van der Waals surface area contributed by atoms with E-state index >= 15 is 0 Å². The lowest BCUT2D eigenvalue weighted by atomic mass is 10.0. The van der Waals surface area contributed by atoms with E-state index in [1.165, 1.54) is 17.8 Å². The largest absolute Gasteiger partial charge is 0.325 e. The Labute approximate surface area is 171 Å². The van der Waals surface area contributed by atoms with Crippen molar-refractivity contribution in [2.75, 3.05) is 11.1 Å². The quantitative estimate of drug-likeness (QED) is 0.399. The number of thioether (sulfide) groups is 1. The van der Waals surface area contributed by atoms with Gasteiger partial charge >= 0.3 is 0 Å². The van der Waals surface area contributed by atoms with Gasteiger partial charge in [0.15, 0.2) is 5.78 Å². The number of anilines is 1. The fourth-order valence-corrected chi connectivity index (χ4v) is 3.57. The van der Waals surface area contributed by atoms with Crippen molar-refractivity contribution in [3.63, 3.8) is 0 Å². The second kappa shape index (κ2) is 9.09. The van der Waals surface area contributed by atoms with E-state index in [2.05, 4.69) is 5.32 Å². The predicted molar refractivity (Wildman–Crippen MR) is 112 cm³/mol. The maximum Gasteiger partial charge on any atom is 0.234 e. The van der Waals surface area contributed by atoms with Gasteiger partial charge in [0, 0.05) is 21.0 Å². The number of carbonyl (C=O) groups is 2. The van der Waals surface area contributed by atoms with E-state index in [0.717, 1.165) is 4.90 Å². The van der Waals surface area contributed by atoms with Crippen LogP contribution in [0.15, 0.2) is 77.7 Å². The van der Waals surface area contributed by atoms with Crippen molar-refractivity contribution in [2.24, 2.45) is 0 Å². The van der Waals surface area contributed by atoms with Crippen molar-refractivity contribution in [1.82, 2.24) is 0 Å². The van der Waals surface area contributed by atoms with Crippen LogP contribution in [0, 0.1) is 0 Å². The molecule has 0 bridgehead atoms. The maximum absolute atomic E-state index is 12.9. The molecule has 0 saturated carbocycles. The van der Waals surface area contributed by atoms with Crippen LogP contribution in [0.4, 0.5) is 5.69 Å². The first kappa shape index (κ1) is 19.5. The van der Waals surface area contributed by atoms with Crippen LogP contribution in [0.1, 0.15) is 15.9 Å². The van der Waals surface area contributed by atoms with E-state index in [9.17, 15) is 9.59 Å². The van der Waals surface area contributed by atoms with Crippen molar-refractivity contribution >= 4 is 52.3 Å². The molecule has 0 aliphatic rings. The summed E-state index contributed by atoms with van der Waals surface area (Å²) >= 11 is 13.6. The van der Waals surface area contributed by atoms with Gasteiger partial charge in [0.05, 0.1) is 16.5 Å². The summed E-state index contributed by atoms with van der Waals surface area (Å²) < 4.78 is 0. The first-order valence-electron chi connectivity index (χ1n) is 8.11. The Morgan fingerprint density at radius 1 is 0.852 bits per heavy atom. The Hall–Kier alpha value is -2.27. The molecule has 3 aromatic rings. The monoisotopic (exact) mass is 415 g/mol. The van der Waals surface area contributed by atoms with E-state index in [0.29, 0.717) is 26.9 Å². The summed E-state index contributed by atoms with van der Waals surface area (Å²) in [5, 5.41) is 3.55. The highest BCUT2D eigenvalue weighted by Crippen LogP contribution is 2.27. The Bertz CT molecular complexity index is 977. The molecule has 0 aliphatic heterocycles. The summed E-state index contributed by atoms with van der Waals surface area (Å²) in [6.45, 7) is 0.